The number of carboxylic acid groups (broad SMARTS) is 1. The number of thioether (sulfide) groups is 1. The van der Waals surface area contributed by atoms with Crippen LogP contribution in [0.3, 0.4) is 0 Å². The van der Waals surface area contributed by atoms with Crippen LogP contribution in [0.4, 0.5) is 0 Å². The molecule has 1 aromatic carbocycles. The van der Waals surface area contributed by atoms with Gasteiger partial charge in [-0.1, -0.05) is 44.2 Å². The van der Waals surface area contributed by atoms with Gasteiger partial charge in [-0.25, -0.2) is 4.79 Å². The Bertz CT molecular complexity index is 760. The van der Waals surface area contributed by atoms with Crippen LogP contribution in [0.25, 0.3) is 0 Å². The topological polar surface area (TPSA) is 151 Å². The Balaban J connectivity index is 2.70. The normalized spacial score (nSPS) is 13.7. The van der Waals surface area contributed by atoms with Crippen LogP contribution in [-0.2, 0) is 25.6 Å². The summed E-state index contributed by atoms with van der Waals surface area (Å²) >= 11 is 1.50. The SMILES string of the molecule is CSCCC(NC(=O)CNC(=O)C(N)CC(C)C)C(=O)NC(Cc1ccccc1)C(=O)O. The fourth-order valence-corrected chi connectivity index (χ4v) is 3.46. The zero-order valence-corrected chi connectivity index (χ0v) is 19.6. The number of nitrogens with one attached hydrogen (secondary N) is 3. The average Bonchev–Trinajstić information content (AvgIpc) is 2.74. The second-order valence-electron chi connectivity index (χ2n) is 7.94. The van der Waals surface area contributed by atoms with E-state index in [4.69, 9.17) is 5.73 Å². The van der Waals surface area contributed by atoms with Crippen molar-refractivity contribution in [3.63, 3.8) is 0 Å². The van der Waals surface area contributed by atoms with Crippen molar-refractivity contribution in [3.8, 4) is 0 Å². The van der Waals surface area contributed by atoms with Crippen molar-refractivity contribution in [1.82, 2.24) is 16.0 Å². The lowest BCUT2D eigenvalue weighted by Gasteiger charge is -2.22. The van der Waals surface area contributed by atoms with Gasteiger partial charge in [0.2, 0.25) is 17.7 Å². The number of carboxylic acids is 1. The number of aliphatic carboxylic acids is 1. The van der Waals surface area contributed by atoms with Crippen molar-refractivity contribution in [1.29, 1.82) is 0 Å². The van der Waals surface area contributed by atoms with Crippen molar-refractivity contribution in [2.45, 2.75) is 51.2 Å². The molecule has 0 radical (unpaired) electrons. The van der Waals surface area contributed by atoms with E-state index < -0.39 is 41.8 Å². The molecular weight excluding hydrogens is 432 g/mol. The molecule has 32 heavy (non-hydrogen) atoms. The largest absolute Gasteiger partial charge is 0.480 e. The Morgan fingerprint density at radius 2 is 1.69 bits per heavy atom. The summed E-state index contributed by atoms with van der Waals surface area (Å²) in [6.45, 7) is 3.56. The summed E-state index contributed by atoms with van der Waals surface area (Å²) in [6.07, 6.45) is 2.79. The van der Waals surface area contributed by atoms with Gasteiger partial charge in [-0.15, -0.1) is 0 Å². The first-order valence-electron chi connectivity index (χ1n) is 10.5. The van der Waals surface area contributed by atoms with Crippen molar-refractivity contribution in [2.75, 3.05) is 18.6 Å². The van der Waals surface area contributed by atoms with E-state index in [1.807, 2.05) is 26.2 Å². The summed E-state index contributed by atoms with van der Waals surface area (Å²) in [5, 5.41) is 17.1. The minimum Gasteiger partial charge on any atom is -0.480 e. The van der Waals surface area contributed by atoms with Crippen LogP contribution in [0.1, 0.15) is 32.3 Å². The predicted octanol–water partition coefficient (Wildman–Crippen LogP) is 0.526. The van der Waals surface area contributed by atoms with E-state index >= 15 is 0 Å². The van der Waals surface area contributed by atoms with Crippen LogP contribution < -0.4 is 21.7 Å². The summed E-state index contributed by atoms with van der Waals surface area (Å²) in [6, 6.07) is 6.19. The molecule has 3 amide bonds. The van der Waals surface area contributed by atoms with Crippen LogP contribution >= 0.6 is 11.8 Å². The highest BCUT2D eigenvalue weighted by molar-refractivity contribution is 7.98. The van der Waals surface area contributed by atoms with Gasteiger partial charge in [0.15, 0.2) is 0 Å². The minimum atomic E-state index is -1.16. The molecule has 10 heteroatoms. The molecule has 0 aliphatic heterocycles. The zero-order chi connectivity index (χ0) is 24.1. The Morgan fingerprint density at radius 3 is 2.25 bits per heavy atom. The van der Waals surface area contributed by atoms with E-state index in [1.165, 1.54) is 11.8 Å². The Morgan fingerprint density at radius 1 is 1.03 bits per heavy atom. The van der Waals surface area contributed by atoms with Gasteiger partial charge in [-0.05, 0) is 36.3 Å². The quantitative estimate of drug-likeness (QED) is 0.268. The minimum absolute atomic E-state index is 0.120. The van der Waals surface area contributed by atoms with E-state index in [0.717, 1.165) is 5.56 Å². The van der Waals surface area contributed by atoms with Crippen molar-refractivity contribution in [3.05, 3.63) is 35.9 Å². The van der Waals surface area contributed by atoms with Gasteiger partial charge in [0, 0.05) is 6.42 Å². The number of hydrogen-bond acceptors (Lipinski definition) is 6. The zero-order valence-electron chi connectivity index (χ0n) is 18.8. The van der Waals surface area contributed by atoms with Crippen LogP contribution in [0.2, 0.25) is 0 Å². The highest BCUT2D eigenvalue weighted by Gasteiger charge is 2.27. The van der Waals surface area contributed by atoms with Gasteiger partial charge >= 0.3 is 5.97 Å². The molecule has 0 saturated heterocycles. The molecule has 0 saturated carbocycles. The molecule has 3 unspecified atom stereocenters. The molecule has 0 bridgehead atoms. The third-order valence-electron chi connectivity index (χ3n) is 4.64. The molecular formula is C22H34N4O5S. The fraction of sp³-hybridized carbons (Fsp3) is 0.545. The van der Waals surface area contributed by atoms with Crippen LogP contribution in [0.15, 0.2) is 30.3 Å². The van der Waals surface area contributed by atoms with E-state index in [-0.39, 0.29) is 18.9 Å². The maximum atomic E-state index is 12.8. The summed E-state index contributed by atoms with van der Waals surface area (Å²) in [5.41, 5.74) is 6.57. The lowest BCUT2D eigenvalue weighted by molar-refractivity contribution is -0.142. The smallest absolute Gasteiger partial charge is 0.326 e. The van der Waals surface area contributed by atoms with Gasteiger partial charge in [0.1, 0.15) is 12.1 Å². The molecule has 0 fully saturated rings. The van der Waals surface area contributed by atoms with Gasteiger partial charge in [-0.3, -0.25) is 14.4 Å². The summed E-state index contributed by atoms with van der Waals surface area (Å²) in [4.78, 5) is 48.7. The van der Waals surface area contributed by atoms with Crippen LogP contribution in [0.5, 0.6) is 0 Å². The summed E-state index contributed by atoms with van der Waals surface area (Å²) in [7, 11) is 0. The lowest BCUT2D eigenvalue weighted by atomic mass is 10.0. The van der Waals surface area contributed by atoms with E-state index in [0.29, 0.717) is 18.6 Å². The Kier molecular flexibility index (Phi) is 12.4. The Hall–Kier alpha value is -2.59. The molecule has 1 aromatic rings. The number of carbonyl (C=O) groups is 4. The van der Waals surface area contributed by atoms with Crippen molar-refractivity contribution >= 4 is 35.5 Å². The lowest BCUT2D eigenvalue weighted by Crippen LogP contribution is -2.54. The second-order valence-corrected chi connectivity index (χ2v) is 8.93. The molecule has 3 atom stereocenters. The first-order valence-corrected chi connectivity index (χ1v) is 11.9. The average molecular weight is 467 g/mol. The fourth-order valence-electron chi connectivity index (χ4n) is 2.99. The molecule has 0 aromatic heterocycles. The number of rotatable bonds is 14. The van der Waals surface area contributed by atoms with E-state index in [2.05, 4.69) is 16.0 Å². The summed E-state index contributed by atoms with van der Waals surface area (Å²) in [5.74, 6) is -1.91. The van der Waals surface area contributed by atoms with Crippen LogP contribution in [0, 0.1) is 5.92 Å². The van der Waals surface area contributed by atoms with Crippen LogP contribution in [-0.4, -0.2) is 65.5 Å². The monoisotopic (exact) mass is 466 g/mol. The second kappa shape index (κ2) is 14.5. The van der Waals surface area contributed by atoms with Crippen molar-refractivity contribution < 1.29 is 24.3 Å². The predicted molar refractivity (Wildman–Crippen MR) is 125 cm³/mol. The molecule has 1 rings (SSSR count). The Labute approximate surface area is 193 Å². The molecule has 0 aliphatic rings. The van der Waals surface area contributed by atoms with E-state index in [9.17, 15) is 24.3 Å². The maximum Gasteiger partial charge on any atom is 0.326 e. The maximum absolute atomic E-state index is 12.8. The highest BCUT2D eigenvalue weighted by Crippen LogP contribution is 2.06. The molecule has 6 N–H and O–H groups in total. The van der Waals surface area contributed by atoms with Gasteiger partial charge < -0.3 is 26.8 Å². The van der Waals surface area contributed by atoms with Crippen molar-refractivity contribution in [2.24, 2.45) is 11.7 Å². The third kappa shape index (κ3) is 10.6. The number of benzene rings is 1. The molecule has 9 nitrogen and oxygen atoms in total. The first-order chi connectivity index (χ1) is 15.1. The molecule has 0 aliphatic carbocycles. The molecule has 178 valence electrons. The summed E-state index contributed by atoms with van der Waals surface area (Å²) < 4.78 is 0. The number of nitrogens with two attached hydrogens (primary N) is 1. The number of hydrogen-bond donors (Lipinski definition) is 5. The number of carbonyl (C=O) groups excluding carboxylic acids is 3. The molecule has 0 heterocycles. The van der Waals surface area contributed by atoms with Gasteiger partial charge in [0.05, 0.1) is 12.6 Å². The third-order valence-corrected chi connectivity index (χ3v) is 5.29. The highest BCUT2D eigenvalue weighted by atomic mass is 32.2. The number of amides is 3. The first kappa shape index (κ1) is 27.4. The van der Waals surface area contributed by atoms with Gasteiger partial charge in [0.25, 0.3) is 0 Å². The standard InChI is InChI=1S/C22H34N4O5S/c1-14(2)11-16(23)20(28)24-13-19(27)25-17(9-10-32-3)21(29)26-18(22(30)31)12-15-7-5-4-6-8-15/h4-8,14,16-18H,9-13,23H2,1-3H3,(H,24,28)(H,25,27)(H,26,29)(H,30,31). The van der Waals surface area contributed by atoms with Gasteiger partial charge in [-0.2, -0.15) is 11.8 Å². The molecule has 0 spiro atoms. The van der Waals surface area contributed by atoms with E-state index in [1.54, 1.807) is 24.3 Å².